The van der Waals surface area contributed by atoms with Crippen molar-refractivity contribution < 1.29 is 8.42 Å². The van der Waals surface area contributed by atoms with E-state index in [2.05, 4.69) is 37.8 Å². The summed E-state index contributed by atoms with van der Waals surface area (Å²) in [5, 5.41) is 8.13. The molecule has 114 valence electrons. The predicted octanol–water partition coefficient (Wildman–Crippen LogP) is 3.74. The maximum atomic E-state index is 12.1. The molecule has 0 fully saturated rings. The molecule has 1 N–H and O–H groups in total. The topological polar surface area (TPSA) is 72.0 Å². The molecule has 0 saturated carbocycles. The van der Waals surface area contributed by atoms with Crippen LogP contribution in [0.2, 0.25) is 0 Å². The molecule has 0 amide bonds. The summed E-state index contributed by atoms with van der Waals surface area (Å²) < 4.78 is 28.3. The highest BCUT2D eigenvalue weighted by Crippen LogP contribution is 2.26. The molecule has 1 aromatic heterocycles. The molecule has 1 aromatic carbocycles. The predicted molar refractivity (Wildman–Crippen MR) is 91.3 cm³/mol. The lowest BCUT2D eigenvalue weighted by Gasteiger charge is -2.05. The maximum Gasteiger partial charge on any atom is 0.238 e. The number of nitrogens with one attached hydrogen (secondary N) is 1. The van der Waals surface area contributed by atoms with Crippen molar-refractivity contribution in [1.29, 1.82) is 0 Å². The maximum absolute atomic E-state index is 12.1. The molecule has 0 spiro atoms. The molecule has 0 aliphatic heterocycles. The van der Waals surface area contributed by atoms with Gasteiger partial charge in [0.1, 0.15) is 0 Å². The number of nitrogens with zero attached hydrogens (tertiary/aromatic N) is 2. The van der Waals surface area contributed by atoms with Crippen molar-refractivity contribution in [2.24, 2.45) is 0 Å². The number of halogens is 1. The van der Waals surface area contributed by atoms with Crippen molar-refractivity contribution >= 4 is 54.2 Å². The molecule has 9 heteroatoms. The third-order valence-electron chi connectivity index (χ3n) is 2.32. The Labute approximate surface area is 140 Å². The number of anilines is 1. The van der Waals surface area contributed by atoms with Crippen molar-refractivity contribution in [2.75, 3.05) is 10.5 Å². The molecular weight excluding hydrogens is 394 g/mol. The third-order valence-corrected chi connectivity index (χ3v) is 6.34. The van der Waals surface area contributed by atoms with E-state index in [1.807, 2.05) is 6.07 Å². The summed E-state index contributed by atoms with van der Waals surface area (Å²) in [5.41, 5.74) is 0.710. The van der Waals surface area contributed by atoms with E-state index in [0.29, 0.717) is 10.7 Å². The van der Waals surface area contributed by atoms with Gasteiger partial charge in [0, 0.05) is 10.2 Å². The van der Waals surface area contributed by atoms with Crippen molar-refractivity contribution in [1.82, 2.24) is 10.2 Å². The summed E-state index contributed by atoms with van der Waals surface area (Å²) in [6.45, 7) is 2.08. The van der Waals surface area contributed by atoms with Gasteiger partial charge in [-0.15, -0.1) is 10.2 Å². The van der Waals surface area contributed by atoms with Gasteiger partial charge in [0.2, 0.25) is 15.2 Å². The Morgan fingerprint density at radius 3 is 2.90 bits per heavy atom. The molecule has 0 bridgehead atoms. The minimum absolute atomic E-state index is 0.0938. The molecule has 1 heterocycles. The van der Waals surface area contributed by atoms with E-state index < -0.39 is 10.0 Å². The number of rotatable bonds is 7. The first-order valence-electron chi connectivity index (χ1n) is 6.20. The van der Waals surface area contributed by atoms with Gasteiger partial charge < -0.3 is 0 Å². The summed E-state index contributed by atoms with van der Waals surface area (Å²) in [4.78, 5) is 0. The second-order valence-corrected chi connectivity index (χ2v) is 9.17. The molecular formula is C12H14BrN3O2S3. The monoisotopic (exact) mass is 407 g/mol. The zero-order valence-corrected chi connectivity index (χ0v) is 15.3. The second-order valence-electron chi connectivity index (χ2n) is 4.21. The SMILES string of the molecule is CCCSc1nnc(NS(=O)(=O)Cc2cccc(Br)c2)s1. The van der Waals surface area contributed by atoms with Gasteiger partial charge in [0.25, 0.3) is 0 Å². The summed E-state index contributed by atoms with van der Waals surface area (Å²) in [7, 11) is -3.48. The van der Waals surface area contributed by atoms with Gasteiger partial charge in [-0.3, -0.25) is 4.72 Å². The fraction of sp³-hybridized carbons (Fsp3) is 0.333. The van der Waals surface area contributed by atoms with Crippen LogP contribution < -0.4 is 4.72 Å². The first kappa shape index (κ1) is 16.7. The van der Waals surface area contributed by atoms with Crippen molar-refractivity contribution in [3.8, 4) is 0 Å². The minimum atomic E-state index is -3.48. The van der Waals surface area contributed by atoms with E-state index in [4.69, 9.17) is 0 Å². The number of aromatic nitrogens is 2. The zero-order valence-electron chi connectivity index (χ0n) is 11.2. The normalized spacial score (nSPS) is 11.5. The van der Waals surface area contributed by atoms with Gasteiger partial charge >= 0.3 is 0 Å². The standard InChI is InChI=1S/C12H14BrN3O2S3/c1-2-6-19-12-15-14-11(20-12)16-21(17,18)8-9-4-3-5-10(13)7-9/h3-5,7H,2,6,8H2,1H3,(H,14,16). The highest BCUT2D eigenvalue weighted by molar-refractivity contribution is 9.10. The van der Waals surface area contributed by atoms with Gasteiger partial charge in [0.05, 0.1) is 5.75 Å². The van der Waals surface area contributed by atoms with Crippen LogP contribution in [0.4, 0.5) is 5.13 Å². The van der Waals surface area contributed by atoms with E-state index in [9.17, 15) is 8.42 Å². The van der Waals surface area contributed by atoms with Crippen LogP contribution in [0.3, 0.4) is 0 Å². The quantitative estimate of drug-likeness (QED) is 0.707. The van der Waals surface area contributed by atoms with Gasteiger partial charge in [-0.2, -0.15) is 0 Å². The van der Waals surface area contributed by atoms with E-state index in [1.165, 1.54) is 11.3 Å². The summed E-state index contributed by atoms with van der Waals surface area (Å²) in [6.07, 6.45) is 1.04. The van der Waals surface area contributed by atoms with Crippen LogP contribution in [-0.4, -0.2) is 24.4 Å². The van der Waals surface area contributed by atoms with Gasteiger partial charge in [-0.05, 0) is 24.1 Å². The molecule has 0 radical (unpaired) electrons. The molecule has 0 atom stereocenters. The average Bonchev–Trinajstić information content (AvgIpc) is 2.82. The lowest BCUT2D eigenvalue weighted by Crippen LogP contribution is -2.14. The molecule has 5 nitrogen and oxygen atoms in total. The van der Waals surface area contributed by atoms with E-state index >= 15 is 0 Å². The molecule has 0 aliphatic rings. The molecule has 2 rings (SSSR count). The van der Waals surface area contributed by atoms with Crippen molar-refractivity contribution in [2.45, 2.75) is 23.4 Å². The van der Waals surface area contributed by atoms with Crippen LogP contribution in [0.15, 0.2) is 33.1 Å². The van der Waals surface area contributed by atoms with Crippen LogP contribution in [0.25, 0.3) is 0 Å². The fourth-order valence-electron chi connectivity index (χ4n) is 1.51. The summed E-state index contributed by atoms with van der Waals surface area (Å²) in [6, 6.07) is 7.21. The van der Waals surface area contributed by atoms with Gasteiger partial charge in [-0.1, -0.05) is 58.1 Å². The number of sulfonamides is 1. The molecule has 0 aliphatic carbocycles. The number of hydrogen-bond donors (Lipinski definition) is 1. The van der Waals surface area contributed by atoms with Crippen LogP contribution in [0.1, 0.15) is 18.9 Å². The molecule has 0 saturated heterocycles. The zero-order chi connectivity index (χ0) is 15.3. The Kier molecular flexibility index (Phi) is 6.03. The molecule has 21 heavy (non-hydrogen) atoms. The Hall–Kier alpha value is -0.640. The lowest BCUT2D eigenvalue weighted by molar-refractivity contribution is 0.600. The van der Waals surface area contributed by atoms with Crippen molar-refractivity contribution in [3.63, 3.8) is 0 Å². The second kappa shape index (κ2) is 7.57. The highest BCUT2D eigenvalue weighted by Gasteiger charge is 2.15. The first-order valence-corrected chi connectivity index (χ1v) is 10.4. The van der Waals surface area contributed by atoms with Crippen LogP contribution in [-0.2, 0) is 15.8 Å². The first-order chi connectivity index (χ1) is 9.98. The Bertz CT molecular complexity index is 703. The molecule has 2 aromatic rings. The van der Waals surface area contributed by atoms with Crippen molar-refractivity contribution in [3.05, 3.63) is 34.3 Å². The minimum Gasteiger partial charge on any atom is -0.257 e. The van der Waals surface area contributed by atoms with E-state index in [1.54, 1.807) is 30.0 Å². The van der Waals surface area contributed by atoms with E-state index in [0.717, 1.165) is 21.0 Å². The average molecular weight is 408 g/mol. The van der Waals surface area contributed by atoms with Crippen LogP contribution in [0.5, 0.6) is 0 Å². The Morgan fingerprint density at radius 1 is 1.38 bits per heavy atom. The number of hydrogen-bond acceptors (Lipinski definition) is 6. The highest BCUT2D eigenvalue weighted by atomic mass is 79.9. The lowest BCUT2D eigenvalue weighted by atomic mass is 10.2. The summed E-state index contributed by atoms with van der Waals surface area (Å²) in [5.74, 6) is 0.850. The van der Waals surface area contributed by atoms with Gasteiger partial charge in [0.15, 0.2) is 4.34 Å². The third kappa shape index (κ3) is 5.57. The van der Waals surface area contributed by atoms with Crippen LogP contribution in [0, 0.1) is 0 Å². The Morgan fingerprint density at radius 2 is 2.19 bits per heavy atom. The van der Waals surface area contributed by atoms with Gasteiger partial charge in [-0.25, -0.2) is 8.42 Å². The Balaban J connectivity index is 2.02. The number of thioether (sulfide) groups is 1. The fourth-order valence-corrected chi connectivity index (χ4v) is 5.03. The van der Waals surface area contributed by atoms with E-state index in [-0.39, 0.29) is 5.75 Å². The number of benzene rings is 1. The molecule has 0 unspecified atom stereocenters. The van der Waals surface area contributed by atoms with Crippen LogP contribution >= 0.6 is 39.0 Å². The summed E-state index contributed by atoms with van der Waals surface area (Å²) >= 11 is 6.16. The largest absolute Gasteiger partial charge is 0.257 e. The smallest absolute Gasteiger partial charge is 0.238 e.